The van der Waals surface area contributed by atoms with Gasteiger partial charge in [0.25, 0.3) is 0 Å². The molecule has 2 aromatic carbocycles. The first-order chi connectivity index (χ1) is 10.2. The third-order valence-electron chi connectivity index (χ3n) is 3.40. The molecule has 0 fully saturated rings. The number of imidazole rings is 1. The minimum Gasteiger partial charge on any atom is -0.497 e. The lowest BCUT2D eigenvalue weighted by molar-refractivity contribution is 0.414. The fourth-order valence-corrected chi connectivity index (χ4v) is 2.57. The number of H-pyrrole nitrogens is 1. The predicted octanol–water partition coefficient (Wildman–Crippen LogP) is 3.63. The van der Waals surface area contributed by atoms with Crippen molar-refractivity contribution < 1.29 is 4.74 Å². The van der Waals surface area contributed by atoms with Crippen molar-refractivity contribution in [2.24, 2.45) is 0 Å². The van der Waals surface area contributed by atoms with Crippen molar-refractivity contribution in [3.05, 3.63) is 58.4 Å². The van der Waals surface area contributed by atoms with Gasteiger partial charge in [-0.2, -0.15) is 5.26 Å². The Morgan fingerprint density at radius 2 is 2.00 bits per heavy atom. The molecule has 5 heteroatoms. The average Bonchev–Trinajstić information content (AvgIpc) is 2.83. The van der Waals surface area contributed by atoms with E-state index < -0.39 is 0 Å². The molecule has 0 saturated heterocycles. The second-order valence-corrected chi connectivity index (χ2v) is 5.09. The maximum atomic E-state index is 9.03. The van der Waals surface area contributed by atoms with E-state index in [2.05, 4.69) is 11.1 Å². The summed E-state index contributed by atoms with van der Waals surface area (Å²) in [7, 11) is 1.65. The van der Waals surface area contributed by atoms with Gasteiger partial charge in [0, 0.05) is 0 Å². The molecule has 0 radical (unpaired) electrons. The Bertz CT molecular complexity index is 885. The molecule has 0 atom stereocenters. The summed E-state index contributed by atoms with van der Waals surface area (Å²) in [6.45, 7) is 0.651. The minimum atomic E-state index is 0.625. The van der Waals surface area contributed by atoms with Crippen LogP contribution >= 0.6 is 12.2 Å². The van der Waals surface area contributed by atoms with Crippen LogP contribution in [0.25, 0.3) is 11.0 Å². The number of aromatic amines is 1. The van der Waals surface area contributed by atoms with E-state index in [0.29, 0.717) is 16.9 Å². The van der Waals surface area contributed by atoms with Crippen LogP contribution in [0.4, 0.5) is 0 Å². The first-order valence-electron chi connectivity index (χ1n) is 6.47. The van der Waals surface area contributed by atoms with Gasteiger partial charge < -0.3 is 14.3 Å². The van der Waals surface area contributed by atoms with Crippen LogP contribution in [0.2, 0.25) is 0 Å². The summed E-state index contributed by atoms with van der Waals surface area (Å²) in [6, 6.07) is 15.5. The van der Waals surface area contributed by atoms with Gasteiger partial charge >= 0.3 is 0 Å². The van der Waals surface area contributed by atoms with Crippen molar-refractivity contribution in [3.63, 3.8) is 0 Å². The monoisotopic (exact) mass is 295 g/mol. The number of benzene rings is 2. The molecule has 0 aliphatic carbocycles. The van der Waals surface area contributed by atoms with Gasteiger partial charge in [-0.25, -0.2) is 0 Å². The Labute approximate surface area is 127 Å². The summed E-state index contributed by atoms with van der Waals surface area (Å²) in [5.74, 6) is 0.827. The van der Waals surface area contributed by atoms with Crippen LogP contribution in [0, 0.1) is 16.1 Å². The van der Waals surface area contributed by atoms with Crippen LogP contribution in [0.3, 0.4) is 0 Å². The molecule has 4 nitrogen and oxygen atoms in total. The van der Waals surface area contributed by atoms with Crippen LogP contribution in [0.1, 0.15) is 11.1 Å². The highest BCUT2D eigenvalue weighted by Crippen LogP contribution is 2.19. The van der Waals surface area contributed by atoms with Crippen molar-refractivity contribution in [2.45, 2.75) is 6.54 Å². The van der Waals surface area contributed by atoms with Crippen LogP contribution < -0.4 is 4.74 Å². The van der Waals surface area contributed by atoms with Crippen LogP contribution in [0.5, 0.6) is 5.75 Å². The summed E-state index contributed by atoms with van der Waals surface area (Å²) < 4.78 is 7.80. The van der Waals surface area contributed by atoms with Gasteiger partial charge in [0.05, 0.1) is 36.3 Å². The molecular formula is C16H13N3OS. The molecule has 3 aromatic rings. The first-order valence-corrected chi connectivity index (χ1v) is 6.87. The minimum absolute atomic E-state index is 0.625. The van der Waals surface area contributed by atoms with E-state index in [9.17, 15) is 0 Å². The third kappa shape index (κ3) is 2.54. The van der Waals surface area contributed by atoms with Gasteiger partial charge in [0.15, 0.2) is 4.77 Å². The largest absolute Gasteiger partial charge is 0.497 e. The number of rotatable bonds is 3. The molecule has 0 spiro atoms. The quantitative estimate of drug-likeness (QED) is 0.751. The molecule has 0 aliphatic rings. The maximum absolute atomic E-state index is 9.03. The van der Waals surface area contributed by atoms with E-state index in [0.717, 1.165) is 22.3 Å². The zero-order valence-electron chi connectivity index (χ0n) is 11.5. The van der Waals surface area contributed by atoms with Gasteiger partial charge in [-0.05, 0) is 48.1 Å². The fraction of sp³-hybridized carbons (Fsp3) is 0.125. The number of hydrogen-bond donors (Lipinski definition) is 1. The summed E-state index contributed by atoms with van der Waals surface area (Å²) >= 11 is 5.38. The van der Waals surface area contributed by atoms with Crippen molar-refractivity contribution in [1.29, 1.82) is 5.26 Å². The molecule has 1 aromatic heterocycles. The second-order valence-electron chi connectivity index (χ2n) is 4.71. The van der Waals surface area contributed by atoms with E-state index in [-0.39, 0.29) is 0 Å². The van der Waals surface area contributed by atoms with Crippen molar-refractivity contribution in [3.8, 4) is 11.8 Å². The molecule has 0 bridgehead atoms. The molecule has 104 valence electrons. The van der Waals surface area contributed by atoms with Crippen molar-refractivity contribution in [2.75, 3.05) is 7.11 Å². The first kappa shape index (κ1) is 13.4. The molecule has 0 amide bonds. The van der Waals surface area contributed by atoms with Crippen LogP contribution in [-0.2, 0) is 6.54 Å². The second kappa shape index (κ2) is 5.43. The number of fused-ring (bicyclic) bond motifs is 1. The zero-order chi connectivity index (χ0) is 14.8. The summed E-state index contributed by atoms with van der Waals surface area (Å²) in [4.78, 5) is 3.16. The van der Waals surface area contributed by atoms with E-state index in [1.54, 1.807) is 13.2 Å². The van der Waals surface area contributed by atoms with Crippen molar-refractivity contribution >= 4 is 23.3 Å². The Morgan fingerprint density at radius 3 is 2.67 bits per heavy atom. The lowest BCUT2D eigenvalue weighted by Crippen LogP contribution is -1.99. The Morgan fingerprint density at radius 1 is 1.24 bits per heavy atom. The average molecular weight is 295 g/mol. The van der Waals surface area contributed by atoms with E-state index in [1.165, 1.54) is 0 Å². The summed E-state index contributed by atoms with van der Waals surface area (Å²) in [5, 5.41) is 9.03. The molecule has 3 rings (SSSR count). The van der Waals surface area contributed by atoms with Crippen LogP contribution in [0.15, 0.2) is 42.5 Å². The SMILES string of the molecule is COc1ccc(Cn2c(=S)[nH]c3ccc(C#N)cc32)cc1. The normalized spacial score (nSPS) is 10.5. The number of hydrogen-bond acceptors (Lipinski definition) is 3. The van der Waals surface area contributed by atoms with Crippen LogP contribution in [-0.4, -0.2) is 16.7 Å². The Balaban J connectivity index is 2.04. The van der Waals surface area contributed by atoms with Gasteiger partial charge in [-0.1, -0.05) is 12.1 Å². The standard InChI is InChI=1S/C16H13N3OS/c1-20-13-5-2-11(3-6-13)10-19-15-8-12(9-17)4-7-14(15)18-16(19)21/h2-8H,10H2,1H3,(H,18,21). The lowest BCUT2D eigenvalue weighted by atomic mass is 10.2. The van der Waals surface area contributed by atoms with Crippen molar-refractivity contribution in [1.82, 2.24) is 9.55 Å². The van der Waals surface area contributed by atoms with E-state index in [1.807, 2.05) is 41.0 Å². The highest BCUT2D eigenvalue weighted by atomic mass is 32.1. The van der Waals surface area contributed by atoms with E-state index in [4.69, 9.17) is 22.2 Å². The number of methoxy groups -OCH3 is 1. The molecule has 21 heavy (non-hydrogen) atoms. The van der Waals surface area contributed by atoms with Gasteiger partial charge in [0.1, 0.15) is 5.75 Å². The number of ether oxygens (including phenoxy) is 1. The zero-order valence-corrected chi connectivity index (χ0v) is 12.3. The number of nitrogens with one attached hydrogen (secondary N) is 1. The molecule has 1 N–H and O–H groups in total. The topological polar surface area (TPSA) is 53.7 Å². The van der Waals surface area contributed by atoms with Gasteiger partial charge in [-0.3, -0.25) is 0 Å². The molecule has 0 saturated carbocycles. The fourth-order valence-electron chi connectivity index (χ4n) is 2.29. The highest BCUT2D eigenvalue weighted by Gasteiger charge is 2.06. The predicted molar refractivity (Wildman–Crippen MR) is 83.9 cm³/mol. The Hall–Kier alpha value is -2.58. The molecule has 0 aliphatic heterocycles. The molecule has 1 heterocycles. The lowest BCUT2D eigenvalue weighted by Gasteiger charge is -2.06. The molecular weight excluding hydrogens is 282 g/mol. The molecule has 0 unspecified atom stereocenters. The number of nitrogens with zero attached hydrogens (tertiary/aromatic N) is 2. The third-order valence-corrected chi connectivity index (χ3v) is 3.73. The highest BCUT2D eigenvalue weighted by molar-refractivity contribution is 7.71. The van der Waals surface area contributed by atoms with Gasteiger partial charge in [0.2, 0.25) is 0 Å². The summed E-state index contributed by atoms with van der Waals surface area (Å²) in [6.07, 6.45) is 0. The van der Waals surface area contributed by atoms with Gasteiger partial charge in [-0.15, -0.1) is 0 Å². The maximum Gasteiger partial charge on any atom is 0.178 e. The summed E-state index contributed by atoms with van der Waals surface area (Å²) in [5.41, 5.74) is 3.62. The number of aromatic nitrogens is 2. The van der Waals surface area contributed by atoms with E-state index >= 15 is 0 Å². The number of nitriles is 1. The Kier molecular flexibility index (Phi) is 3.46. The smallest absolute Gasteiger partial charge is 0.178 e.